The van der Waals surface area contributed by atoms with Crippen LogP contribution in [-0.2, 0) is 4.74 Å². The van der Waals surface area contributed by atoms with E-state index in [1.54, 1.807) is 11.1 Å². The van der Waals surface area contributed by atoms with Crippen molar-refractivity contribution < 1.29 is 9.53 Å². The third-order valence-corrected chi connectivity index (χ3v) is 3.16. The molecule has 21 heavy (non-hydrogen) atoms. The van der Waals surface area contributed by atoms with Gasteiger partial charge in [0, 0.05) is 30.6 Å². The summed E-state index contributed by atoms with van der Waals surface area (Å²) in [4.78, 5) is 22.9. The van der Waals surface area contributed by atoms with Gasteiger partial charge in [-0.25, -0.2) is 9.78 Å². The molecule has 2 rings (SSSR count). The molecular formula is C16H23N3O2. The number of rotatable bonds is 3. The normalized spacial score (nSPS) is 14.8. The summed E-state index contributed by atoms with van der Waals surface area (Å²) in [6.07, 6.45) is 3.32. The van der Waals surface area contributed by atoms with Gasteiger partial charge in [0.15, 0.2) is 0 Å². The lowest BCUT2D eigenvalue weighted by molar-refractivity contribution is 0.0581. The predicted octanol–water partition coefficient (Wildman–Crippen LogP) is 3.43. The summed E-state index contributed by atoms with van der Waals surface area (Å²) < 4.78 is 5.47. The molecule has 0 unspecified atom stereocenters. The third-order valence-electron chi connectivity index (χ3n) is 3.16. The third kappa shape index (κ3) is 3.80. The Balaban J connectivity index is 2.32. The van der Waals surface area contributed by atoms with E-state index in [-0.39, 0.29) is 6.09 Å². The van der Waals surface area contributed by atoms with Gasteiger partial charge in [-0.2, -0.15) is 0 Å². The minimum atomic E-state index is -0.523. The molecule has 0 bridgehead atoms. The van der Waals surface area contributed by atoms with E-state index in [1.165, 1.54) is 0 Å². The number of carbonyl (C=O) groups is 1. The van der Waals surface area contributed by atoms with Gasteiger partial charge in [-0.05, 0) is 52.7 Å². The van der Waals surface area contributed by atoms with E-state index in [2.05, 4.69) is 9.98 Å². The molecule has 0 fully saturated rings. The summed E-state index contributed by atoms with van der Waals surface area (Å²) in [5.74, 6) is 0.634. The summed E-state index contributed by atoms with van der Waals surface area (Å²) in [6, 6.07) is 3.85. The maximum Gasteiger partial charge on any atom is 0.416 e. The molecule has 1 aromatic rings. The Morgan fingerprint density at radius 1 is 1.43 bits per heavy atom. The molecule has 1 amide bonds. The predicted molar refractivity (Wildman–Crippen MR) is 84.1 cm³/mol. The maximum absolute atomic E-state index is 12.4. The van der Waals surface area contributed by atoms with Crippen LogP contribution >= 0.6 is 0 Å². The molecule has 2 heterocycles. The fourth-order valence-corrected chi connectivity index (χ4v) is 2.28. The number of anilines is 1. The SMILES string of the molecule is CCN(C(=O)OC(C)(C)C)c1ncccc1C1=NCCC1. The Labute approximate surface area is 126 Å². The minimum absolute atomic E-state index is 0.372. The molecule has 1 aliphatic heterocycles. The lowest BCUT2D eigenvalue weighted by Crippen LogP contribution is -2.38. The Kier molecular flexibility index (Phi) is 4.60. The first-order valence-electron chi connectivity index (χ1n) is 7.41. The van der Waals surface area contributed by atoms with Gasteiger partial charge < -0.3 is 4.74 Å². The van der Waals surface area contributed by atoms with Gasteiger partial charge in [0.25, 0.3) is 0 Å². The van der Waals surface area contributed by atoms with Gasteiger partial charge in [0.05, 0.1) is 0 Å². The molecule has 0 aromatic carbocycles. The van der Waals surface area contributed by atoms with Crippen LogP contribution in [0.1, 0.15) is 46.1 Å². The average molecular weight is 289 g/mol. The van der Waals surface area contributed by atoms with Crippen LogP contribution < -0.4 is 4.90 Å². The van der Waals surface area contributed by atoms with Crippen molar-refractivity contribution >= 4 is 17.6 Å². The van der Waals surface area contributed by atoms with Crippen LogP contribution in [0.4, 0.5) is 10.6 Å². The number of hydrogen-bond donors (Lipinski definition) is 0. The molecule has 0 spiro atoms. The standard InChI is InChI=1S/C16H23N3O2/c1-5-19(15(20)21-16(2,3)4)14-12(8-6-11-18-14)13-9-7-10-17-13/h6,8,11H,5,7,9-10H2,1-4H3. The zero-order chi connectivity index (χ0) is 15.5. The maximum atomic E-state index is 12.4. The van der Waals surface area contributed by atoms with Crippen LogP contribution in [-0.4, -0.2) is 35.5 Å². The highest BCUT2D eigenvalue weighted by atomic mass is 16.6. The van der Waals surface area contributed by atoms with Gasteiger partial charge in [-0.1, -0.05) is 0 Å². The van der Waals surface area contributed by atoms with Crippen molar-refractivity contribution in [1.29, 1.82) is 0 Å². The first kappa shape index (κ1) is 15.5. The van der Waals surface area contributed by atoms with Crippen molar-refractivity contribution in [3.8, 4) is 0 Å². The molecule has 0 saturated heterocycles. The van der Waals surface area contributed by atoms with Crippen molar-refractivity contribution in [2.45, 2.75) is 46.1 Å². The number of amides is 1. The van der Waals surface area contributed by atoms with Gasteiger partial charge >= 0.3 is 6.09 Å². The highest BCUT2D eigenvalue weighted by Crippen LogP contribution is 2.24. The number of ether oxygens (including phenoxy) is 1. The molecule has 0 saturated carbocycles. The van der Waals surface area contributed by atoms with Crippen LogP contribution in [0.3, 0.4) is 0 Å². The van der Waals surface area contributed by atoms with E-state index in [0.29, 0.717) is 12.4 Å². The number of nitrogens with zero attached hydrogens (tertiary/aromatic N) is 3. The first-order chi connectivity index (χ1) is 9.92. The topological polar surface area (TPSA) is 54.8 Å². The molecule has 0 radical (unpaired) electrons. The number of aliphatic imine (C=N–C) groups is 1. The van der Waals surface area contributed by atoms with Gasteiger partial charge in [-0.15, -0.1) is 0 Å². The van der Waals surface area contributed by atoms with E-state index >= 15 is 0 Å². The molecule has 1 aliphatic rings. The highest BCUT2D eigenvalue weighted by molar-refractivity contribution is 6.07. The first-order valence-corrected chi connectivity index (χ1v) is 7.41. The second-order valence-electron chi connectivity index (χ2n) is 6.03. The van der Waals surface area contributed by atoms with Crippen molar-refractivity contribution in [2.24, 2.45) is 4.99 Å². The van der Waals surface area contributed by atoms with Crippen LogP contribution in [0.5, 0.6) is 0 Å². The van der Waals surface area contributed by atoms with Gasteiger partial charge in [-0.3, -0.25) is 9.89 Å². The molecular weight excluding hydrogens is 266 g/mol. The Bertz CT molecular complexity index is 547. The summed E-state index contributed by atoms with van der Waals surface area (Å²) in [7, 11) is 0. The molecule has 5 nitrogen and oxygen atoms in total. The summed E-state index contributed by atoms with van der Waals surface area (Å²) in [6.45, 7) is 8.85. The zero-order valence-corrected chi connectivity index (χ0v) is 13.2. The van der Waals surface area contributed by atoms with Crippen LogP contribution in [0.2, 0.25) is 0 Å². The summed E-state index contributed by atoms with van der Waals surface area (Å²) in [5, 5.41) is 0. The largest absolute Gasteiger partial charge is 0.443 e. The monoisotopic (exact) mass is 289 g/mol. The van der Waals surface area contributed by atoms with Crippen LogP contribution in [0.25, 0.3) is 0 Å². The average Bonchev–Trinajstić information content (AvgIpc) is 2.92. The molecule has 0 N–H and O–H groups in total. The van der Waals surface area contributed by atoms with Gasteiger partial charge in [0.2, 0.25) is 0 Å². The second-order valence-corrected chi connectivity index (χ2v) is 6.03. The number of pyridine rings is 1. The molecule has 0 atom stereocenters. The van der Waals surface area contributed by atoms with Crippen molar-refractivity contribution in [3.63, 3.8) is 0 Å². The summed E-state index contributed by atoms with van der Waals surface area (Å²) >= 11 is 0. The minimum Gasteiger partial charge on any atom is -0.443 e. The molecule has 0 aliphatic carbocycles. The van der Waals surface area contributed by atoms with Gasteiger partial charge in [0.1, 0.15) is 11.4 Å². The second kappa shape index (κ2) is 6.24. The quantitative estimate of drug-likeness (QED) is 0.856. The van der Waals surface area contributed by atoms with E-state index in [4.69, 9.17) is 4.74 Å². The van der Waals surface area contributed by atoms with Crippen molar-refractivity contribution in [2.75, 3.05) is 18.0 Å². The smallest absolute Gasteiger partial charge is 0.416 e. The van der Waals surface area contributed by atoms with Crippen LogP contribution in [0.15, 0.2) is 23.3 Å². The van der Waals surface area contributed by atoms with E-state index in [0.717, 1.165) is 30.7 Å². The fourth-order valence-electron chi connectivity index (χ4n) is 2.28. The molecule has 1 aromatic heterocycles. The fraction of sp³-hybridized carbons (Fsp3) is 0.562. The Hall–Kier alpha value is -1.91. The Morgan fingerprint density at radius 2 is 2.19 bits per heavy atom. The highest BCUT2D eigenvalue weighted by Gasteiger charge is 2.26. The van der Waals surface area contributed by atoms with Crippen LogP contribution in [0, 0.1) is 0 Å². The van der Waals surface area contributed by atoms with Crippen molar-refractivity contribution in [1.82, 2.24) is 4.98 Å². The van der Waals surface area contributed by atoms with Crippen molar-refractivity contribution in [3.05, 3.63) is 23.9 Å². The number of carbonyl (C=O) groups excluding carboxylic acids is 1. The van der Waals surface area contributed by atoms with E-state index < -0.39 is 5.60 Å². The lowest BCUT2D eigenvalue weighted by Gasteiger charge is -2.27. The Morgan fingerprint density at radius 3 is 2.76 bits per heavy atom. The van der Waals surface area contributed by atoms with E-state index in [1.807, 2.05) is 39.8 Å². The zero-order valence-electron chi connectivity index (χ0n) is 13.2. The summed E-state index contributed by atoms with van der Waals surface area (Å²) in [5.41, 5.74) is 1.44. The lowest BCUT2D eigenvalue weighted by atomic mass is 10.1. The molecule has 5 heteroatoms. The molecule has 114 valence electrons. The number of aromatic nitrogens is 1. The number of hydrogen-bond acceptors (Lipinski definition) is 4. The van der Waals surface area contributed by atoms with E-state index in [9.17, 15) is 4.79 Å².